The van der Waals surface area contributed by atoms with E-state index in [0.717, 1.165) is 6.42 Å². The van der Waals surface area contributed by atoms with Crippen LogP contribution in [-0.4, -0.2) is 87.5 Å². The Morgan fingerprint density at radius 3 is 2.54 bits per heavy atom. The normalized spacial score (nSPS) is 29.7. The number of alkyl halides is 1. The highest BCUT2D eigenvalue weighted by atomic mass is 79.9. The number of para-hydroxylation sites is 1. The number of anilines is 1. The van der Waals surface area contributed by atoms with Crippen molar-refractivity contribution in [2.24, 2.45) is 11.8 Å². The SMILES string of the molecule is C=CCN(CCC)C(=O)[C@H]1[C@H]2C(=O)N([C@@H](CC)CO)C(C(=O)N(CC=C)c3ccccc3Cl)C23CC(Br)[C@@H]1O3. The van der Waals surface area contributed by atoms with Crippen LogP contribution in [0.2, 0.25) is 5.02 Å². The topological polar surface area (TPSA) is 90.4 Å². The van der Waals surface area contributed by atoms with Gasteiger partial charge in [0.2, 0.25) is 11.8 Å². The minimum Gasteiger partial charge on any atom is -0.394 e. The Bertz CT molecular complexity index is 1130. The van der Waals surface area contributed by atoms with Gasteiger partial charge in [-0.1, -0.05) is 65.7 Å². The molecule has 3 fully saturated rings. The number of hydrogen-bond donors (Lipinski definition) is 1. The summed E-state index contributed by atoms with van der Waals surface area (Å²) in [5, 5.41) is 10.7. The highest BCUT2D eigenvalue weighted by Crippen LogP contribution is 2.61. The first kappa shape index (κ1) is 29.8. The molecule has 3 aliphatic rings. The van der Waals surface area contributed by atoms with Gasteiger partial charge in [-0.05, 0) is 31.4 Å². The number of aliphatic hydroxyl groups excluding tert-OH is 1. The van der Waals surface area contributed by atoms with Gasteiger partial charge in [0.1, 0.15) is 11.6 Å². The van der Waals surface area contributed by atoms with E-state index in [1.165, 1.54) is 9.80 Å². The summed E-state index contributed by atoms with van der Waals surface area (Å²) in [7, 11) is 0. The number of hydrogen-bond acceptors (Lipinski definition) is 5. The molecule has 1 N–H and O–H groups in total. The third-order valence-corrected chi connectivity index (χ3v) is 9.36. The van der Waals surface area contributed by atoms with Crippen LogP contribution in [0.3, 0.4) is 0 Å². The second-order valence-corrected chi connectivity index (χ2v) is 12.0. The van der Waals surface area contributed by atoms with Gasteiger partial charge in [-0.3, -0.25) is 14.4 Å². The second-order valence-electron chi connectivity index (χ2n) is 10.4. The average Bonchev–Trinajstić information content (AvgIpc) is 3.51. The summed E-state index contributed by atoms with van der Waals surface area (Å²) in [6.07, 6.45) is 4.28. The lowest BCUT2D eigenvalue weighted by atomic mass is 9.70. The van der Waals surface area contributed by atoms with Gasteiger partial charge in [-0.2, -0.15) is 0 Å². The number of halogens is 2. The van der Waals surface area contributed by atoms with E-state index in [4.69, 9.17) is 16.3 Å². The van der Waals surface area contributed by atoms with Crippen LogP contribution in [0.25, 0.3) is 0 Å². The molecule has 1 aromatic carbocycles. The predicted octanol–water partition coefficient (Wildman–Crippen LogP) is 3.80. The Balaban J connectivity index is 1.84. The van der Waals surface area contributed by atoms with Crippen molar-refractivity contribution in [1.82, 2.24) is 9.80 Å². The first-order chi connectivity index (χ1) is 18.7. The van der Waals surface area contributed by atoms with E-state index in [1.54, 1.807) is 41.3 Å². The molecule has 1 aromatic rings. The molecule has 3 heterocycles. The molecule has 3 aliphatic heterocycles. The predicted molar refractivity (Wildman–Crippen MR) is 155 cm³/mol. The molecule has 212 valence electrons. The average molecular weight is 623 g/mol. The number of carbonyl (C=O) groups is 3. The number of ether oxygens (including phenoxy) is 1. The smallest absolute Gasteiger partial charge is 0.253 e. The Hall–Kier alpha value is -2.20. The number of nitrogens with zero attached hydrogens (tertiary/aromatic N) is 3. The van der Waals surface area contributed by atoms with Gasteiger partial charge in [-0.15, -0.1) is 13.2 Å². The Kier molecular flexibility index (Phi) is 9.26. The van der Waals surface area contributed by atoms with E-state index in [2.05, 4.69) is 29.1 Å². The highest BCUT2D eigenvalue weighted by Gasteiger charge is 2.77. The first-order valence-electron chi connectivity index (χ1n) is 13.5. The molecule has 3 unspecified atom stereocenters. The van der Waals surface area contributed by atoms with Gasteiger partial charge in [0, 0.05) is 24.5 Å². The number of likely N-dealkylation sites (tertiary alicyclic amines) is 1. The van der Waals surface area contributed by atoms with Crippen LogP contribution >= 0.6 is 27.5 Å². The molecule has 0 aliphatic carbocycles. The fourth-order valence-electron chi connectivity index (χ4n) is 6.62. The van der Waals surface area contributed by atoms with Crippen molar-refractivity contribution < 1.29 is 24.2 Å². The Morgan fingerprint density at radius 1 is 1.26 bits per heavy atom. The van der Waals surface area contributed by atoms with Gasteiger partial charge >= 0.3 is 0 Å². The van der Waals surface area contributed by atoms with Crippen LogP contribution in [0.5, 0.6) is 0 Å². The number of amides is 3. The van der Waals surface area contributed by atoms with Crippen molar-refractivity contribution in [3.05, 3.63) is 54.6 Å². The zero-order valence-corrected chi connectivity index (χ0v) is 24.8. The van der Waals surface area contributed by atoms with Gasteiger partial charge in [-0.25, -0.2) is 0 Å². The maximum absolute atomic E-state index is 14.6. The van der Waals surface area contributed by atoms with Crippen molar-refractivity contribution in [1.29, 1.82) is 0 Å². The molecule has 0 aromatic heterocycles. The van der Waals surface area contributed by atoms with E-state index in [1.807, 2.05) is 13.8 Å². The lowest BCUT2D eigenvalue weighted by Crippen LogP contribution is -2.59. The number of fused-ring (bicyclic) bond motifs is 1. The van der Waals surface area contributed by atoms with Crippen LogP contribution in [-0.2, 0) is 19.1 Å². The van der Waals surface area contributed by atoms with Gasteiger partial charge in [0.25, 0.3) is 5.91 Å². The quantitative estimate of drug-likeness (QED) is 0.283. The summed E-state index contributed by atoms with van der Waals surface area (Å²) in [5.74, 6) is -2.49. The third kappa shape index (κ3) is 4.85. The van der Waals surface area contributed by atoms with Crippen LogP contribution in [0.1, 0.15) is 33.1 Å². The van der Waals surface area contributed by atoms with Gasteiger partial charge < -0.3 is 24.5 Å². The zero-order valence-electron chi connectivity index (χ0n) is 22.5. The summed E-state index contributed by atoms with van der Waals surface area (Å²) in [6.45, 7) is 12.2. The minimum absolute atomic E-state index is 0.158. The van der Waals surface area contributed by atoms with E-state index in [0.29, 0.717) is 36.6 Å². The molecule has 3 saturated heterocycles. The molecule has 1 spiro atoms. The molecular formula is C29H37BrClN3O5. The van der Waals surface area contributed by atoms with Gasteiger partial charge in [0.15, 0.2) is 0 Å². The standard InChI is InChI=1S/C29H37BrClN3O5/c1-5-13-32(14-6-2)26(36)22-23-27(37)34(18(8-4)17-35)25(29(23)16-19(30)24(22)39-29)28(38)33(15-7-3)21-12-10-9-11-20(21)31/h5,7,9-12,18-19,22-25,35H,1,3,6,8,13-17H2,2,4H3/t18-,19?,22-,23-,24-,25?,29?/m0/s1. The van der Waals surface area contributed by atoms with Crippen LogP contribution in [0.4, 0.5) is 5.69 Å². The molecule has 2 bridgehead atoms. The summed E-state index contributed by atoms with van der Waals surface area (Å²) in [4.78, 5) is 47.3. The summed E-state index contributed by atoms with van der Waals surface area (Å²) >= 11 is 10.2. The van der Waals surface area contributed by atoms with Crippen molar-refractivity contribution in [3.63, 3.8) is 0 Å². The highest BCUT2D eigenvalue weighted by molar-refractivity contribution is 9.09. The van der Waals surface area contributed by atoms with Crippen molar-refractivity contribution in [3.8, 4) is 0 Å². The maximum atomic E-state index is 14.6. The largest absolute Gasteiger partial charge is 0.394 e. The molecule has 10 heteroatoms. The summed E-state index contributed by atoms with van der Waals surface area (Å²) < 4.78 is 6.63. The van der Waals surface area contributed by atoms with E-state index >= 15 is 0 Å². The monoisotopic (exact) mass is 621 g/mol. The van der Waals surface area contributed by atoms with E-state index in [9.17, 15) is 19.5 Å². The molecule has 4 rings (SSSR count). The number of benzene rings is 1. The van der Waals surface area contributed by atoms with E-state index < -0.39 is 35.6 Å². The van der Waals surface area contributed by atoms with E-state index in [-0.39, 0.29) is 35.7 Å². The minimum atomic E-state index is -1.23. The maximum Gasteiger partial charge on any atom is 0.253 e. The van der Waals surface area contributed by atoms with Crippen molar-refractivity contribution >= 4 is 50.9 Å². The second kappa shape index (κ2) is 12.1. The lowest BCUT2D eigenvalue weighted by Gasteiger charge is -2.39. The first-order valence-corrected chi connectivity index (χ1v) is 14.8. The van der Waals surface area contributed by atoms with Crippen LogP contribution < -0.4 is 4.90 Å². The van der Waals surface area contributed by atoms with Crippen molar-refractivity contribution in [2.45, 2.75) is 61.7 Å². The number of aliphatic hydroxyl groups is 1. The third-order valence-electron chi connectivity index (χ3n) is 8.20. The summed E-state index contributed by atoms with van der Waals surface area (Å²) in [6, 6.07) is 5.34. The van der Waals surface area contributed by atoms with Gasteiger partial charge in [0.05, 0.1) is 41.3 Å². The van der Waals surface area contributed by atoms with Crippen LogP contribution in [0.15, 0.2) is 49.6 Å². The molecule has 7 atom stereocenters. The fourth-order valence-corrected chi connectivity index (χ4v) is 7.80. The lowest BCUT2D eigenvalue weighted by molar-refractivity contribution is -0.147. The van der Waals surface area contributed by atoms with Crippen LogP contribution in [0, 0.1) is 11.8 Å². The number of carbonyl (C=O) groups excluding carboxylic acids is 3. The molecule has 0 saturated carbocycles. The fraction of sp³-hybridized carbons (Fsp3) is 0.552. The summed E-state index contributed by atoms with van der Waals surface area (Å²) in [5.41, 5.74) is -0.744. The molecule has 0 radical (unpaired) electrons. The molecular weight excluding hydrogens is 586 g/mol. The molecule has 39 heavy (non-hydrogen) atoms. The number of rotatable bonds is 12. The van der Waals surface area contributed by atoms with Crippen molar-refractivity contribution in [2.75, 3.05) is 31.1 Å². The zero-order chi connectivity index (χ0) is 28.5. The Labute approximate surface area is 243 Å². The molecule has 8 nitrogen and oxygen atoms in total. The Morgan fingerprint density at radius 2 is 1.95 bits per heavy atom. The molecule has 3 amide bonds.